The van der Waals surface area contributed by atoms with Crippen molar-refractivity contribution in [1.82, 2.24) is 19.7 Å². The van der Waals surface area contributed by atoms with E-state index < -0.39 is 0 Å². The van der Waals surface area contributed by atoms with Crippen LogP contribution in [0.2, 0.25) is 0 Å². The summed E-state index contributed by atoms with van der Waals surface area (Å²) < 4.78 is 12.0. The van der Waals surface area contributed by atoms with E-state index in [1.54, 1.807) is 19.5 Å². The van der Waals surface area contributed by atoms with Gasteiger partial charge < -0.3 is 19.7 Å². The van der Waals surface area contributed by atoms with Gasteiger partial charge in [0.2, 0.25) is 0 Å². The van der Waals surface area contributed by atoms with E-state index >= 15 is 0 Å². The molecule has 156 valence electrons. The van der Waals surface area contributed by atoms with E-state index in [1.165, 1.54) is 10.7 Å². The van der Waals surface area contributed by atoms with Crippen LogP contribution in [-0.4, -0.2) is 59.7 Å². The topological polar surface area (TPSA) is 94.4 Å². The van der Waals surface area contributed by atoms with Gasteiger partial charge in [0.1, 0.15) is 23.7 Å². The molecule has 0 saturated carbocycles. The third-order valence-electron chi connectivity index (χ3n) is 4.87. The largest absolute Gasteiger partial charge is 0.497 e. The summed E-state index contributed by atoms with van der Waals surface area (Å²) in [6, 6.07) is 12.8. The zero-order chi connectivity index (χ0) is 20.8. The van der Waals surface area contributed by atoms with Gasteiger partial charge in [-0.05, 0) is 30.3 Å². The van der Waals surface area contributed by atoms with E-state index in [0.717, 1.165) is 35.9 Å². The number of rotatable bonds is 7. The summed E-state index contributed by atoms with van der Waals surface area (Å²) in [5.41, 5.74) is 1.50. The number of nitrogens with zero attached hydrogens (tertiary/aromatic N) is 5. The van der Waals surface area contributed by atoms with Crippen molar-refractivity contribution >= 4 is 11.6 Å². The van der Waals surface area contributed by atoms with Crippen LogP contribution in [0.25, 0.3) is 11.3 Å². The quantitative estimate of drug-likeness (QED) is 0.631. The molecular formula is C21H24N6O3. The zero-order valence-electron chi connectivity index (χ0n) is 16.8. The van der Waals surface area contributed by atoms with Gasteiger partial charge >= 0.3 is 0 Å². The molecule has 4 rings (SSSR count). The van der Waals surface area contributed by atoms with Crippen molar-refractivity contribution < 1.29 is 9.47 Å². The maximum Gasteiger partial charge on any atom is 0.266 e. The maximum atomic E-state index is 12.2. The Kier molecular flexibility index (Phi) is 6.19. The average molecular weight is 408 g/mol. The molecule has 1 aliphatic heterocycles. The molecule has 1 fully saturated rings. The van der Waals surface area contributed by atoms with Crippen molar-refractivity contribution in [3.63, 3.8) is 0 Å². The fourth-order valence-electron chi connectivity index (χ4n) is 3.22. The standard InChI is InChI=1S/C21H24N6O3/c1-29-17-4-2-16(3-5-17)18-6-7-21(28)27(25-18)9-8-22-19-14-20(24-15-23-19)26-10-12-30-13-11-26/h2-7,14-15H,8-13H2,1H3,(H,22,23,24). The van der Waals surface area contributed by atoms with E-state index in [1.807, 2.05) is 30.3 Å². The molecule has 0 spiro atoms. The minimum atomic E-state index is -0.147. The van der Waals surface area contributed by atoms with Crippen LogP contribution < -0.4 is 20.5 Å². The van der Waals surface area contributed by atoms with Gasteiger partial charge in [0.15, 0.2) is 0 Å². The van der Waals surface area contributed by atoms with Crippen molar-refractivity contribution in [2.45, 2.75) is 6.54 Å². The predicted molar refractivity (Wildman–Crippen MR) is 114 cm³/mol. The first-order valence-corrected chi connectivity index (χ1v) is 9.84. The highest BCUT2D eigenvalue weighted by molar-refractivity contribution is 5.59. The van der Waals surface area contributed by atoms with Gasteiger partial charge in [0, 0.05) is 37.3 Å². The Labute approximate surface area is 174 Å². The van der Waals surface area contributed by atoms with E-state index in [0.29, 0.717) is 32.1 Å². The van der Waals surface area contributed by atoms with Gasteiger partial charge in [0.25, 0.3) is 5.56 Å². The monoisotopic (exact) mass is 408 g/mol. The molecule has 3 heterocycles. The number of benzene rings is 1. The van der Waals surface area contributed by atoms with E-state index in [9.17, 15) is 4.79 Å². The van der Waals surface area contributed by atoms with Crippen LogP contribution in [0.3, 0.4) is 0 Å². The first-order valence-electron chi connectivity index (χ1n) is 9.84. The lowest BCUT2D eigenvalue weighted by Gasteiger charge is -2.27. The molecule has 3 aromatic rings. The van der Waals surface area contributed by atoms with Crippen molar-refractivity contribution in [2.75, 3.05) is 50.2 Å². The van der Waals surface area contributed by atoms with Crippen LogP contribution in [0, 0.1) is 0 Å². The number of nitrogens with one attached hydrogen (secondary N) is 1. The molecule has 9 nitrogen and oxygen atoms in total. The Hall–Kier alpha value is -3.46. The Bertz CT molecular complexity index is 1030. The molecule has 9 heteroatoms. The zero-order valence-corrected chi connectivity index (χ0v) is 16.8. The minimum absolute atomic E-state index is 0.147. The highest BCUT2D eigenvalue weighted by atomic mass is 16.5. The van der Waals surface area contributed by atoms with Crippen LogP contribution >= 0.6 is 0 Å². The highest BCUT2D eigenvalue weighted by Gasteiger charge is 2.13. The molecule has 0 amide bonds. The number of morpholine rings is 1. The van der Waals surface area contributed by atoms with Gasteiger partial charge in [-0.3, -0.25) is 4.79 Å². The summed E-state index contributed by atoms with van der Waals surface area (Å²) in [5, 5.41) is 7.74. The Morgan fingerprint density at radius 1 is 1.10 bits per heavy atom. The third kappa shape index (κ3) is 4.74. The number of methoxy groups -OCH3 is 1. The molecule has 30 heavy (non-hydrogen) atoms. The molecule has 2 aromatic heterocycles. The number of aromatic nitrogens is 4. The van der Waals surface area contributed by atoms with Crippen molar-refractivity contribution in [1.29, 1.82) is 0 Å². The fraction of sp³-hybridized carbons (Fsp3) is 0.333. The smallest absolute Gasteiger partial charge is 0.266 e. The first kappa shape index (κ1) is 19.8. The maximum absolute atomic E-state index is 12.2. The van der Waals surface area contributed by atoms with Crippen LogP contribution in [0.5, 0.6) is 5.75 Å². The van der Waals surface area contributed by atoms with Gasteiger partial charge in [-0.25, -0.2) is 14.6 Å². The second-order valence-electron chi connectivity index (χ2n) is 6.80. The lowest BCUT2D eigenvalue weighted by atomic mass is 10.1. The molecule has 1 N–H and O–H groups in total. The summed E-state index contributed by atoms with van der Waals surface area (Å²) in [6.07, 6.45) is 1.54. The van der Waals surface area contributed by atoms with E-state index in [-0.39, 0.29) is 5.56 Å². The molecule has 1 saturated heterocycles. The molecule has 0 bridgehead atoms. The van der Waals surface area contributed by atoms with Crippen molar-refractivity contribution in [2.24, 2.45) is 0 Å². The lowest BCUT2D eigenvalue weighted by molar-refractivity contribution is 0.122. The number of anilines is 2. The second-order valence-corrected chi connectivity index (χ2v) is 6.80. The van der Waals surface area contributed by atoms with Crippen LogP contribution in [0.4, 0.5) is 11.6 Å². The Morgan fingerprint density at radius 2 is 1.90 bits per heavy atom. The van der Waals surface area contributed by atoms with Crippen LogP contribution in [0.15, 0.2) is 53.6 Å². The molecule has 0 aliphatic carbocycles. The highest BCUT2D eigenvalue weighted by Crippen LogP contribution is 2.19. The summed E-state index contributed by atoms with van der Waals surface area (Å²) in [6.45, 7) is 3.96. The lowest BCUT2D eigenvalue weighted by Crippen LogP contribution is -2.36. The average Bonchev–Trinajstić information content (AvgIpc) is 2.81. The number of hydrogen-bond acceptors (Lipinski definition) is 8. The second kappa shape index (κ2) is 9.36. The van der Waals surface area contributed by atoms with Crippen LogP contribution in [0.1, 0.15) is 0 Å². The van der Waals surface area contributed by atoms with Gasteiger partial charge in [-0.1, -0.05) is 0 Å². The van der Waals surface area contributed by atoms with Crippen molar-refractivity contribution in [3.05, 3.63) is 59.1 Å². The minimum Gasteiger partial charge on any atom is -0.497 e. The van der Waals surface area contributed by atoms with Gasteiger partial charge in [-0.15, -0.1) is 0 Å². The predicted octanol–water partition coefficient (Wildman–Crippen LogP) is 1.66. The Morgan fingerprint density at radius 3 is 2.67 bits per heavy atom. The van der Waals surface area contributed by atoms with Gasteiger partial charge in [-0.2, -0.15) is 5.10 Å². The SMILES string of the molecule is COc1ccc(-c2ccc(=O)n(CCNc3cc(N4CCOCC4)ncn3)n2)cc1. The number of hydrogen-bond donors (Lipinski definition) is 1. The van der Waals surface area contributed by atoms with Gasteiger partial charge in [0.05, 0.1) is 32.6 Å². The number of ether oxygens (including phenoxy) is 2. The molecule has 1 aliphatic rings. The van der Waals surface area contributed by atoms with E-state index in [2.05, 4.69) is 25.3 Å². The molecule has 0 radical (unpaired) electrons. The molecular weight excluding hydrogens is 384 g/mol. The van der Waals surface area contributed by atoms with E-state index in [4.69, 9.17) is 9.47 Å². The third-order valence-corrected chi connectivity index (χ3v) is 4.87. The van der Waals surface area contributed by atoms with Crippen LogP contribution in [-0.2, 0) is 11.3 Å². The molecule has 0 unspecified atom stereocenters. The Balaban J connectivity index is 1.40. The normalized spacial score (nSPS) is 13.8. The summed E-state index contributed by atoms with van der Waals surface area (Å²) >= 11 is 0. The summed E-state index contributed by atoms with van der Waals surface area (Å²) in [5.74, 6) is 2.36. The summed E-state index contributed by atoms with van der Waals surface area (Å²) in [4.78, 5) is 23.0. The molecule has 1 aromatic carbocycles. The fourth-order valence-corrected chi connectivity index (χ4v) is 3.22. The summed E-state index contributed by atoms with van der Waals surface area (Å²) in [7, 11) is 1.63. The first-order chi connectivity index (χ1) is 14.7. The van der Waals surface area contributed by atoms with Crippen molar-refractivity contribution in [3.8, 4) is 17.0 Å². The molecule has 0 atom stereocenters.